The van der Waals surface area contributed by atoms with Crippen molar-refractivity contribution in [3.8, 4) is 5.75 Å². The largest absolute Gasteiger partial charge is 0.488 e. The number of hydrogen-bond acceptors (Lipinski definition) is 2. The van der Waals surface area contributed by atoms with E-state index in [1.165, 1.54) is 0 Å². The third kappa shape index (κ3) is 3.98. The lowest BCUT2D eigenvalue weighted by atomic mass is 10.0. The topological polar surface area (TPSA) is 38.3 Å². The number of benzene rings is 4. The van der Waals surface area contributed by atoms with E-state index in [0.717, 1.165) is 22.0 Å². The van der Waals surface area contributed by atoms with Crippen LogP contribution in [-0.4, -0.2) is 5.91 Å². The fraction of sp³-hybridized carbons (Fsp3) is 0.0417. The molecule has 4 rings (SSSR count). The molecule has 0 aromatic heterocycles. The van der Waals surface area contributed by atoms with Crippen LogP contribution >= 0.6 is 0 Å². The van der Waals surface area contributed by atoms with Gasteiger partial charge in [-0.15, -0.1) is 0 Å². The van der Waals surface area contributed by atoms with Gasteiger partial charge >= 0.3 is 0 Å². The standard InChI is InChI=1S/C24H19NO2/c26-24(25-21-13-5-2-6-14-21)22-15-19-11-7-8-12-20(19)16-23(22)27-17-18-9-3-1-4-10-18/h1-16H,17H2,(H,25,26). The normalized spacial score (nSPS) is 10.5. The van der Waals surface area contributed by atoms with E-state index in [0.29, 0.717) is 17.9 Å². The summed E-state index contributed by atoms with van der Waals surface area (Å²) in [4.78, 5) is 12.9. The van der Waals surface area contributed by atoms with E-state index in [4.69, 9.17) is 4.74 Å². The molecule has 0 aliphatic carbocycles. The minimum atomic E-state index is -0.185. The van der Waals surface area contributed by atoms with Crippen molar-refractivity contribution in [2.45, 2.75) is 6.61 Å². The molecule has 4 aromatic rings. The van der Waals surface area contributed by atoms with Crippen molar-refractivity contribution < 1.29 is 9.53 Å². The molecule has 0 aliphatic heterocycles. The third-order valence-corrected chi connectivity index (χ3v) is 4.36. The molecular formula is C24H19NO2. The number of amides is 1. The zero-order valence-corrected chi connectivity index (χ0v) is 14.8. The maximum atomic E-state index is 12.9. The van der Waals surface area contributed by atoms with Crippen LogP contribution in [0.5, 0.6) is 5.75 Å². The molecule has 0 bridgehead atoms. The van der Waals surface area contributed by atoms with Gasteiger partial charge in [0.05, 0.1) is 5.56 Å². The zero-order chi connectivity index (χ0) is 18.5. The van der Waals surface area contributed by atoms with Crippen LogP contribution < -0.4 is 10.1 Å². The van der Waals surface area contributed by atoms with E-state index in [1.54, 1.807) is 0 Å². The highest BCUT2D eigenvalue weighted by atomic mass is 16.5. The van der Waals surface area contributed by atoms with Crippen molar-refractivity contribution in [1.82, 2.24) is 0 Å². The number of hydrogen-bond donors (Lipinski definition) is 1. The first kappa shape index (κ1) is 16.9. The number of ether oxygens (including phenoxy) is 1. The Morgan fingerprint density at radius 2 is 1.33 bits per heavy atom. The van der Waals surface area contributed by atoms with Crippen LogP contribution in [0.4, 0.5) is 5.69 Å². The first-order valence-corrected chi connectivity index (χ1v) is 8.85. The summed E-state index contributed by atoms with van der Waals surface area (Å²) in [5.74, 6) is 0.390. The Balaban J connectivity index is 1.67. The van der Waals surface area contributed by atoms with Gasteiger partial charge in [0.15, 0.2) is 0 Å². The molecule has 1 N–H and O–H groups in total. The summed E-state index contributed by atoms with van der Waals surface area (Å²) in [6.07, 6.45) is 0. The maximum Gasteiger partial charge on any atom is 0.259 e. The second-order valence-electron chi connectivity index (χ2n) is 6.29. The van der Waals surface area contributed by atoms with Crippen LogP contribution in [0.25, 0.3) is 10.8 Å². The summed E-state index contributed by atoms with van der Waals surface area (Å²) >= 11 is 0. The van der Waals surface area contributed by atoms with Crippen LogP contribution in [0.1, 0.15) is 15.9 Å². The van der Waals surface area contributed by atoms with E-state index in [2.05, 4.69) is 5.32 Å². The molecule has 0 saturated carbocycles. The van der Waals surface area contributed by atoms with Gasteiger partial charge < -0.3 is 10.1 Å². The van der Waals surface area contributed by atoms with Gasteiger partial charge in [-0.25, -0.2) is 0 Å². The van der Waals surface area contributed by atoms with Crippen molar-refractivity contribution in [2.24, 2.45) is 0 Å². The van der Waals surface area contributed by atoms with Crippen LogP contribution in [0.15, 0.2) is 97.1 Å². The van der Waals surface area contributed by atoms with Crippen LogP contribution in [0.2, 0.25) is 0 Å². The lowest BCUT2D eigenvalue weighted by Crippen LogP contribution is -2.13. The van der Waals surface area contributed by atoms with Crippen molar-refractivity contribution in [2.75, 3.05) is 5.32 Å². The Morgan fingerprint density at radius 1 is 0.741 bits per heavy atom. The zero-order valence-electron chi connectivity index (χ0n) is 14.8. The molecule has 0 heterocycles. The second kappa shape index (κ2) is 7.75. The molecule has 3 heteroatoms. The van der Waals surface area contributed by atoms with Crippen molar-refractivity contribution in [3.05, 3.63) is 108 Å². The van der Waals surface area contributed by atoms with Crippen LogP contribution in [0, 0.1) is 0 Å². The van der Waals surface area contributed by atoms with Gasteiger partial charge in [-0.3, -0.25) is 4.79 Å². The second-order valence-corrected chi connectivity index (χ2v) is 6.29. The summed E-state index contributed by atoms with van der Waals surface area (Å²) in [5.41, 5.74) is 2.33. The Morgan fingerprint density at radius 3 is 2.04 bits per heavy atom. The highest BCUT2D eigenvalue weighted by Gasteiger charge is 2.15. The predicted octanol–water partition coefficient (Wildman–Crippen LogP) is 5.67. The smallest absolute Gasteiger partial charge is 0.259 e. The Bertz CT molecular complexity index is 1060. The van der Waals surface area contributed by atoms with Crippen molar-refractivity contribution >= 4 is 22.4 Å². The van der Waals surface area contributed by atoms with Crippen molar-refractivity contribution in [1.29, 1.82) is 0 Å². The number of carbonyl (C=O) groups excluding carboxylic acids is 1. The van der Waals surface area contributed by atoms with E-state index in [1.807, 2.05) is 97.1 Å². The van der Waals surface area contributed by atoms with E-state index < -0.39 is 0 Å². The fourth-order valence-electron chi connectivity index (χ4n) is 2.97. The molecule has 0 unspecified atom stereocenters. The number of fused-ring (bicyclic) bond motifs is 1. The van der Waals surface area contributed by atoms with Gasteiger partial charge in [-0.05, 0) is 40.6 Å². The monoisotopic (exact) mass is 353 g/mol. The number of anilines is 1. The van der Waals surface area contributed by atoms with E-state index in [-0.39, 0.29) is 5.91 Å². The molecular weight excluding hydrogens is 334 g/mol. The Hall–Kier alpha value is -3.59. The highest BCUT2D eigenvalue weighted by Crippen LogP contribution is 2.28. The maximum absolute atomic E-state index is 12.9. The molecule has 0 fully saturated rings. The van der Waals surface area contributed by atoms with Crippen LogP contribution in [0.3, 0.4) is 0 Å². The lowest BCUT2D eigenvalue weighted by molar-refractivity contribution is 0.102. The summed E-state index contributed by atoms with van der Waals surface area (Å²) in [7, 11) is 0. The summed E-state index contributed by atoms with van der Waals surface area (Å²) < 4.78 is 6.03. The minimum Gasteiger partial charge on any atom is -0.488 e. The number of para-hydroxylation sites is 1. The van der Waals surface area contributed by atoms with Gasteiger partial charge in [0.1, 0.15) is 12.4 Å². The molecule has 0 saturated heterocycles. The Kier molecular flexibility index (Phi) is 4.84. The van der Waals surface area contributed by atoms with Gasteiger partial charge in [0, 0.05) is 5.69 Å². The van der Waals surface area contributed by atoms with Gasteiger partial charge in [-0.2, -0.15) is 0 Å². The van der Waals surface area contributed by atoms with Gasteiger partial charge in [0.2, 0.25) is 0 Å². The predicted molar refractivity (Wildman–Crippen MR) is 109 cm³/mol. The SMILES string of the molecule is O=C(Nc1ccccc1)c1cc2ccccc2cc1OCc1ccccc1. The average molecular weight is 353 g/mol. The molecule has 4 aromatic carbocycles. The first-order chi connectivity index (χ1) is 13.3. The quantitative estimate of drug-likeness (QED) is 0.502. The lowest BCUT2D eigenvalue weighted by Gasteiger charge is -2.13. The average Bonchev–Trinajstić information content (AvgIpc) is 2.73. The van der Waals surface area contributed by atoms with Crippen LogP contribution in [-0.2, 0) is 6.61 Å². The molecule has 3 nitrogen and oxygen atoms in total. The fourth-order valence-corrected chi connectivity index (χ4v) is 2.97. The molecule has 27 heavy (non-hydrogen) atoms. The minimum absolute atomic E-state index is 0.185. The molecule has 0 atom stereocenters. The van der Waals surface area contributed by atoms with Gasteiger partial charge in [-0.1, -0.05) is 72.8 Å². The summed E-state index contributed by atoms with van der Waals surface area (Å²) in [6, 6.07) is 31.1. The molecule has 0 aliphatic rings. The number of nitrogens with one attached hydrogen (secondary N) is 1. The summed E-state index contributed by atoms with van der Waals surface area (Å²) in [5, 5.41) is 4.98. The molecule has 0 spiro atoms. The van der Waals surface area contributed by atoms with Gasteiger partial charge in [0.25, 0.3) is 5.91 Å². The van der Waals surface area contributed by atoms with E-state index >= 15 is 0 Å². The van der Waals surface area contributed by atoms with Crippen molar-refractivity contribution in [3.63, 3.8) is 0 Å². The first-order valence-electron chi connectivity index (χ1n) is 8.85. The molecule has 132 valence electrons. The van der Waals surface area contributed by atoms with E-state index in [9.17, 15) is 4.79 Å². The highest BCUT2D eigenvalue weighted by molar-refractivity contribution is 6.08. The molecule has 0 radical (unpaired) electrons. The Labute approximate surface area is 158 Å². The third-order valence-electron chi connectivity index (χ3n) is 4.36. The number of rotatable bonds is 5. The molecule has 1 amide bonds. The summed E-state index contributed by atoms with van der Waals surface area (Å²) in [6.45, 7) is 0.408. The number of carbonyl (C=O) groups is 1.